The summed E-state index contributed by atoms with van der Waals surface area (Å²) >= 11 is 0. The molecule has 0 amide bonds. The smallest absolute Gasteiger partial charge is 0.306 e. The summed E-state index contributed by atoms with van der Waals surface area (Å²) in [7, 11) is 0. The Balaban J connectivity index is 4.32. The fraction of sp³-hybridized carbons (Fsp3) is 0.700. The molecule has 0 saturated heterocycles. The Kier molecular flexibility index (Phi) is 60.3. The minimum Gasteiger partial charge on any atom is -0.462 e. The van der Waals surface area contributed by atoms with Crippen LogP contribution in [0.15, 0.2) is 109 Å². The van der Waals surface area contributed by atoms with Gasteiger partial charge in [-0.25, -0.2) is 0 Å². The molecule has 0 N–H and O–H groups in total. The molecule has 76 heavy (non-hydrogen) atoms. The van der Waals surface area contributed by atoms with Crippen molar-refractivity contribution in [2.24, 2.45) is 0 Å². The van der Waals surface area contributed by atoms with E-state index in [0.29, 0.717) is 19.3 Å². The fourth-order valence-corrected chi connectivity index (χ4v) is 8.71. The van der Waals surface area contributed by atoms with Crippen molar-refractivity contribution in [3.05, 3.63) is 109 Å². The molecule has 0 rings (SSSR count). The normalized spacial score (nSPS) is 12.8. The first-order chi connectivity index (χ1) is 37.5. The minimum atomic E-state index is -0.792. The van der Waals surface area contributed by atoms with Gasteiger partial charge in [-0.15, -0.1) is 0 Å². The van der Waals surface area contributed by atoms with Gasteiger partial charge in [-0.3, -0.25) is 14.4 Å². The lowest BCUT2D eigenvalue weighted by atomic mass is 10.0. The predicted molar refractivity (Wildman–Crippen MR) is 330 cm³/mol. The van der Waals surface area contributed by atoms with Crippen molar-refractivity contribution in [1.82, 2.24) is 0 Å². The van der Waals surface area contributed by atoms with E-state index in [2.05, 4.69) is 130 Å². The molecule has 0 aliphatic carbocycles. The van der Waals surface area contributed by atoms with Crippen molar-refractivity contribution in [1.29, 1.82) is 0 Å². The second-order valence-corrected chi connectivity index (χ2v) is 20.9. The molecule has 6 heteroatoms. The van der Waals surface area contributed by atoms with Crippen molar-refractivity contribution < 1.29 is 28.6 Å². The van der Waals surface area contributed by atoms with Crippen molar-refractivity contribution in [3.8, 4) is 0 Å². The van der Waals surface area contributed by atoms with Crippen molar-refractivity contribution in [3.63, 3.8) is 0 Å². The third-order valence-corrected chi connectivity index (χ3v) is 13.5. The highest BCUT2D eigenvalue weighted by molar-refractivity contribution is 5.71. The minimum absolute atomic E-state index is 0.0876. The number of unbranched alkanes of at least 4 members (excludes halogenated alkanes) is 28. The molecule has 0 aromatic carbocycles. The lowest BCUT2D eigenvalue weighted by Crippen LogP contribution is -2.30. The standard InChI is InChI=1S/C70H118O6/c1-4-7-10-13-16-19-22-25-27-29-31-32-33-34-35-36-37-38-39-41-42-45-48-51-54-57-60-63-69(72)75-66-67(65-74-68(71)62-59-56-53-50-47-44-24-21-18-15-12-9-6-3)76-70(73)64-61-58-55-52-49-46-43-40-30-28-26-23-20-17-14-11-8-5-2/h7,10,12,15-16,19-21,23-25,27-28,30-32,34-35,67H,4-6,8-9,11,13-14,17-18,22,26,29,33,36-66H2,1-3H3/b10-7-,15-12-,19-16-,23-20-,24-21-,27-25-,30-28-,32-31-,35-34-. The number of allylic oxidation sites excluding steroid dienone is 18. The Labute approximate surface area is 470 Å². The van der Waals surface area contributed by atoms with Gasteiger partial charge < -0.3 is 14.2 Å². The van der Waals surface area contributed by atoms with Crippen LogP contribution >= 0.6 is 0 Å². The highest BCUT2D eigenvalue weighted by atomic mass is 16.6. The maximum atomic E-state index is 12.9. The van der Waals surface area contributed by atoms with Gasteiger partial charge in [0.2, 0.25) is 0 Å². The highest BCUT2D eigenvalue weighted by Gasteiger charge is 2.19. The van der Waals surface area contributed by atoms with Gasteiger partial charge in [0.1, 0.15) is 13.2 Å². The van der Waals surface area contributed by atoms with Crippen LogP contribution in [0.3, 0.4) is 0 Å². The van der Waals surface area contributed by atoms with Gasteiger partial charge in [0.25, 0.3) is 0 Å². The van der Waals surface area contributed by atoms with Crippen LogP contribution in [0, 0.1) is 0 Å². The molecular formula is C70H118O6. The van der Waals surface area contributed by atoms with E-state index in [-0.39, 0.29) is 31.1 Å². The van der Waals surface area contributed by atoms with E-state index in [4.69, 9.17) is 14.2 Å². The molecule has 0 saturated carbocycles. The summed E-state index contributed by atoms with van der Waals surface area (Å²) in [6, 6.07) is 0. The lowest BCUT2D eigenvalue weighted by Gasteiger charge is -2.18. The number of carbonyl (C=O) groups excluding carboxylic acids is 3. The van der Waals surface area contributed by atoms with E-state index in [0.717, 1.165) is 135 Å². The molecule has 0 radical (unpaired) electrons. The van der Waals surface area contributed by atoms with Crippen LogP contribution in [-0.4, -0.2) is 37.2 Å². The summed E-state index contributed by atoms with van der Waals surface area (Å²) in [5.74, 6) is -0.906. The van der Waals surface area contributed by atoms with E-state index in [1.807, 2.05) is 0 Å². The quantitative estimate of drug-likeness (QED) is 0.0261. The topological polar surface area (TPSA) is 78.9 Å². The molecule has 6 nitrogen and oxygen atoms in total. The largest absolute Gasteiger partial charge is 0.462 e. The number of rotatable bonds is 57. The zero-order chi connectivity index (χ0) is 55.0. The van der Waals surface area contributed by atoms with E-state index in [1.165, 1.54) is 122 Å². The maximum Gasteiger partial charge on any atom is 0.306 e. The van der Waals surface area contributed by atoms with E-state index in [9.17, 15) is 14.4 Å². The van der Waals surface area contributed by atoms with Crippen LogP contribution in [0.25, 0.3) is 0 Å². The average molecular weight is 1060 g/mol. The van der Waals surface area contributed by atoms with Gasteiger partial charge >= 0.3 is 17.9 Å². The van der Waals surface area contributed by atoms with E-state index in [1.54, 1.807) is 0 Å². The summed E-state index contributed by atoms with van der Waals surface area (Å²) in [5.41, 5.74) is 0. The zero-order valence-corrected chi connectivity index (χ0v) is 49.7. The number of esters is 3. The monoisotopic (exact) mass is 1050 g/mol. The fourth-order valence-electron chi connectivity index (χ4n) is 8.71. The summed E-state index contributed by atoms with van der Waals surface area (Å²) in [6.45, 7) is 6.44. The molecule has 0 aliphatic heterocycles. The maximum absolute atomic E-state index is 12.9. The second kappa shape index (κ2) is 63.6. The van der Waals surface area contributed by atoms with Crippen LogP contribution in [0.4, 0.5) is 0 Å². The number of hydrogen-bond acceptors (Lipinski definition) is 6. The van der Waals surface area contributed by atoms with Gasteiger partial charge in [-0.1, -0.05) is 265 Å². The number of carbonyl (C=O) groups is 3. The second-order valence-electron chi connectivity index (χ2n) is 20.9. The highest BCUT2D eigenvalue weighted by Crippen LogP contribution is 2.16. The SMILES string of the molecule is CC/C=C\C/C=C\C/C=C\C/C=C\C/C=C\CCCCCCCCCCCCCC(=O)OCC(COC(=O)CCCCCCC/C=C\C/C=C\CCC)OC(=O)CCCCCCCCC/C=C\C/C=C\CCCCCC. The van der Waals surface area contributed by atoms with E-state index >= 15 is 0 Å². The molecule has 0 bridgehead atoms. The van der Waals surface area contributed by atoms with Crippen molar-refractivity contribution in [2.45, 2.75) is 303 Å². The average Bonchev–Trinajstić information content (AvgIpc) is 3.42. The summed E-state index contributed by atoms with van der Waals surface area (Å²) in [4.78, 5) is 38.3. The summed E-state index contributed by atoms with van der Waals surface area (Å²) < 4.78 is 16.9. The molecule has 0 aromatic rings. The van der Waals surface area contributed by atoms with Gasteiger partial charge in [0, 0.05) is 19.3 Å². The Morgan fingerprint density at radius 3 is 0.855 bits per heavy atom. The molecule has 434 valence electrons. The number of ether oxygens (including phenoxy) is 3. The number of hydrogen-bond donors (Lipinski definition) is 0. The van der Waals surface area contributed by atoms with E-state index < -0.39 is 6.10 Å². The Bertz CT molecular complexity index is 1540. The van der Waals surface area contributed by atoms with Crippen molar-refractivity contribution in [2.75, 3.05) is 13.2 Å². The molecule has 0 aromatic heterocycles. The molecule has 1 unspecified atom stereocenters. The first-order valence-electron chi connectivity index (χ1n) is 31.9. The first kappa shape index (κ1) is 72.1. The van der Waals surface area contributed by atoms with Gasteiger partial charge in [-0.05, 0) is 122 Å². The summed E-state index contributed by atoms with van der Waals surface area (Å²) in [6.07, 6.45) is 86.6. The molecule has 0 fully saturated rings. The Morgan fingerprint density at radius 2 is 0.539 bits per heavy atom. The summed E-state index contributed by atoms with van der Waals surface area (Å²) in [5, 5.41) is 0. The Hall–Kier alpha value is -3.93. The zero-order valence-electron chi connectivity index (χ0n) is 49.7. The third-order valence-electron chi connectivity index (χ3n) is 13.5. The molecule has 0 aliphatic rings. The van der Waals surface area contributed by atoms with Gasteiger partial charge in [0.05, 0.1) is 0 Å². The molecule has 1 atom stereocenters. The third kappa shape index (κ3) is 60.9. The first-order valence-corrected chi connectivity index (χ1v) is 31.9. The molecular weight excluding hydrogens is 937 g/mol. The van der Waals surface area contributed by atoms with Crippen molar-refractivity contribution >= 4 is 17.9 Å². The molecule has 0 spiro atoms. The lowest BCUT2D eigenvalue weighted by molar-refractivity contribution is -0.167. The Morgan fingerprint density at radius 1 is 0.276 bits per heavy atom. The van der Waals surface area contributed by atoms with Gasteiger partial charge in [0.15, 0.2) is 6.10 Å². The van der Waals surface area contributed by atoms with Crippen LogP contribution in [0.2, 0.25) is 0 Å². The van der Waals surface area contributed by atoms with Crippen LogP contribution < -0.4 is 0 Å². The molecule has 0 heterocycles. The predicted octanol–water partition coefficient (Wildman–Crippen LogP) is 21.8. The van der Waals surface area contributed by atoms with Crippen LogP contribution in [-0.2, 0) is 28.6 Å². The van der Waals surface area contributed by atoms with Gasteiger partial charge in [-0.2, -0.15) is 0 Å². The van der Waals surface area contributed by atoms with Crippen LogP contribution in [0.1, 0.15) is 297 Å². The van der Waals surface area contributed by atoms with Crippen LogP contribution in [0.5, 0.6) is 0 Å².